The lowest BCUT2D eigenvalue weighted by molar-refractivity contribution is -0.147. The van der Waals surface area contributed by atoms with Crippen LogP contribution in [-0.2, 0) is 9.53 Å². The minimum Gasteiger partial charge on any atom is -0.458 e. The number of allylic oxidation sites excluding steroid dienone is 4. The van der Waals surface area contributed by atoms with Crippen molar-refractivity contribution in [2.24, 2.45) is 23.2 Å². The standard InChI is InChI=1S/C30H44O4/c1-4-7-29(33)34-28(22-12-13-22)10-5-9-24-15-16-26-21(8-6-17-30(24,26)3)11-14-23-18-25(31)19-27(32)20(23)2/h5,10-11,14,22,24-28,31-32H,2,4,6-9,12-13,15-19H2,1,3H3/b10-5+,21-11+,23-14-. The van der Waals surface area contributed by atoms with Crippen LogP contribution in [0.25, 0.3) is 0 Å². The lowest BCUT2D eigenvalue weighted by Crippen LogP contribution is -2.33. The van der Waals surface area contributed by atoms with Crippen LogP contribution in [0.2, 0.25) is 0 Å². The van der Waals surface area contributed by atoms with Gasteiger partial charge in [0.25, 0.3) is 0 Å². The lowest BCUT2D eigenvalue weighted by atomic mass is 9.63. The summed E-state index contributed by atoms with van der Waals surface area (Å²) in [4.78, 5) is 12.0. The largest absolute Gasteiger partial charge is 0.458 e. The second kappa shape index (κ2) is 11.0. The van der Waals surface area contributed by atoms with Gasteiger partial charge in [-0.15, -0.1) is 0 Å². The number of aliphatic hydroxyl groups excluding tert-OH is 2. The highest BCUT2D eigenvalue weighted by molar-refractivity contribution is 5.69. The molecule has 0 spiro atoms. The van der Waals surface area contributed by atoms with E-state index >= 15 is 0 Å². The Bertz CT molecular complexity index is 848. The molecule has 6 atom stereocenters. The third-order valence-electron chi connectivity index (χ3n) is 8.98. The van der Waals surface area contributed by atoms with Crippen LogP contribution in [0.1, 0.15) is 90.9 Å². The summed E-state index contributed by atoms with van der Waals surface area (Å²) in [5.41, 5.74) is 3.59. The Kier molecular flexibility index (Phi) is 8.20. The number of hydrogen-bond donors (Lipinski definition) is 2. The number of carbonyl (C=O) groups is 1. The van der Waals surface area contributed by atoms with Gasteiger partial charge in [-0.3, -0.25) is 4.79 Å². The Hall–Kier alpha value is -1.65. The Morgan fingerprint density at radius 3 is 2.76 bits per heavy atom. The molecular formula is C30H44O4. The molecule has 4 rings (SSSR count). The van der Waals surface area contributed by atoms with Gasteiger partial charge in [0.1, 0.15) is 6.10 Å². The van der Waals surface area contributed by atoms with E-state index in [0.717, 1.165) is 30.4 Å². The highest BCUT2D eigenvalue weighted by atomic mass is 16.5. The van der Waals surface area contributed by atoms with E-state index in [1.165, 1.54) is 44.1 Å². The lowest BCUT2D eigenvalue weighted by Gasteiger charge is -2.42. The zero-order chi connectivity index (χ0) is 24.3. The quantitative estimate of drug-likeness (QED) is 0.329. The molecule has 0 heterocycles. The molecular weight excluding hydrogens is 424 g/mol. The number of ether oxygens (including phenoxy) is 1. The van der Waals surface area contributed by atoms with Crippen LogP contribution in [0.5, 0.6) is 0 Å². The predicted molar refractivity (Wildman–Crippen MR) is 136 cm³/mol. The van der Waals surface area contributed by atoms with E-state index in [1.54, 1.807) is 0 Å². The summed E-state index contributed by atoms with van der Waals surface area (Å²) < 4.78 is 5.76. The van der Waals surface area contributed by atoms with E-state index in [-0.39, 0.29) is 12.1 Å². The first-order valence-corrected chi connectivity index (χ1v) is 13.6. The molecule has 4 aliphatic rings. The molecule has 0 aliphatic heterocycles. The maximum absolute atomic E-state index is 12.0. The molecule has 4 fully saturated rings. The summed E-state index contributed by atoms with van der Waals surface area (Å²) in [5, 5.41) is 20.2. The Labute approximate surface area is 205 Å². The third-order valence-corrected chi connectivity index (χ3v) is 8.98. The normalized spacial score (nSPS) is 37.4. The van der Waals surface area contributed by atoms with Gasteiger partial charge >= 0.3 is 5.97 Å². The average molecular weight is 469 g/mol. The van der Waals surface area contributed by atoms with Crippen LogP contribution in [-0.4, -0.2) is 34.5 Å². The van der Waals surface area contributed by atoms with Crippen molar-refractivity contribution in [3.05, 3.63) is 47.6 Å². The second-order valence-corrected chi connectivity index (χ2v) is 11.5. The molecule has 6 unspecified atom stereocenters. The van der Waals surface area contributed by atoms with Crippen molar-refractivity contribution in [2.45, 2.75) is 109 Å². The third kappa shape index (κ3) is 5.76. The van der Waals surface area contributed by atoms with Crippen molar-refractivity contribution in [3.63, 3.8) is 0 Å². The van der Waals surface area contributed by atoms with Gasteiger partial charge in [0.15, 0.2) is 0 Å². The molecule has 4 heteroatoms. The molecule has 2 N–H and O–H groups in total. The van der Waals surface area contributed by atoms with Gasteiger partial charge in [-0.1, -0.05) is 44.2 Å². The Balaban J connectivity index is 1.40. The zero-order valence-electron chi connectivity index (χ0n) is 21.2. The van der Waals surface area contributed by atoms with Crippen LogP contribution < -0.4 is 0 Å². The van der Waals surface area contributed by atoms with Crippen LogP contribution in [0.4, 0.5) is 0 Å². The molecule has 4 nitrogen and oxygen atoms in total. The molecule has 0 bridgehead atoms. The molecule has 34 heavy (non-hydrogen) atoms. The van der Waals surface area contributed by atoms with Gasteiger partial charge in [0.05, 0.1) is 12.2 Å². The molecule has 0 aromatic rings. The van der Waals surface area contributed by atoms with Gasteiger partial charge in [0, 0.05) is 12.8 Å². The number of fused-ring (bicyclic) bond motifs is 1. The van der Waals surface area contributed by atoms with Gasteiger partial charge in [-0.25, -0.2) is 0 Å². The first-order chi connectivity index (χ1) is 16.3. The molecule has 4 aliphatic carbocycles. The van der Waals surface area contributed by atoms with Gasteiger partial charge in [-0.2, -0.15) is 0 Å². The number of esters is 1. The highest BCUT2D eigenvalue weighted by Crippen LogP contribution is 2.58. The smallest absolute Gasteiger partial charge is 0.306 e. The molecule has 0 amide bonds. The number of rotatable bonds is 8. The average Bonchev–Trinajstić information content (AvgIpc) is 3.58. The summed E-state index contributed by atoms with van der Waals surface area (Å²) in [7, 11) is 0. The van der Waals surface area contributed by atoms with E-state index in [1.807, 2.05) is 6.92 Å². The minimum absolute atomic E-state index is 0.0354. The molecule has 0 saturated heterocycles. The van der Waals surface area contributed by atoms with Crippen LogP contribution in [0.15, 0.2) is 47.6 Å². The summed E-state index contributed by atoms with van der Waals surface area (Å²) in [6.07, 6.45) is 19.5. The Morgan fingerprint density at radius 1 is 1.24 bits per heavy atom. The van der Waals surface area contributed by atoms with E-state index < -0.39 is 12.2 Å². The zero-order valence-corrected chi connectivity index (χ0v) is 21.2. The topological polar surface area (TPSA) is 66.8 Å². The first kappa shape index (κ1) is 25.4. The minimum atomic E-state index is -0.631. The van der Waals surface area contributed by atoms with Crippen molar-refractivity contribution in [1.82, 2.24) is 0 Å². The summed E-state index contributed by atoms with van der Waals surface area (Å²) >= 11 is 0. The summed E-state index contributed by atoms with van der Waals surface area (Å²) in [6.45, 7) is 8.56. The van der Waals surface area contributed by atoms with Crippen molar-refractivity contribution >= 4 is 5.97 Å². The number of aliphatic hydroxyl groups is 2. The fraction of sp³-hybridized carbons (Fsp3) is 0.700. The van der Waals surface area contributed by atoms with Gasteiger partial charge in [-0.05, 0) is 105 Å². The first-order valence-electron chi connectivity index (χ1n) is 13.6. The van der Waals surface area contributed by atoms with Crippen molar-refractivity contribution in [1.29, 1.82) is 0 Å². The number of carbonyl (C=O) groups excluding carboxylic acids is 1. The van der Waals surface area contributed by atoms with E-state index in [9.17, 15) is 15.0 Å². The molecule has 0 aromatic heterocycles. The van der Waals surface area contributed by atoms with Crippen LogP contribution in [0, 0.1) is 23.2 Å². The molecule has 0 radical (unpaired) electrons. The molecule has 4 saturated carbocycles. The van der Waals surface area contributed by atoms with Crippen molar-refractivity contribution < 1.29 is 19.7 Å². The van der Waals surface area contributed by atoms with Gasteiger partial charge < -0.3 is 14.9 Å². The molecule has 188 valence electrons. The Morgan fingerprint density at radius 2 is 2.03 bits per heavy atom. The second-order valence-electron chi connectivity index (χ2n) is 11.5. The fourth-order valence-electron chi connectivity index (χ4n) is 6.71. The van der Waals surface area contributed by atoms with E-state index in [2.05, 4.69) is 37.8 Å². The van der Waals surface area contributed by atoms with Gasteiger partial charge in [0.2, 0.25) is 0 Å². The fourth-order valence-corrected chi connectivity index (χ4v) is 6.71. The van der Waals surface area contributed by atoms with E-state index in [0.29, 0.717) is 42.4 Å². The van der Waals surface area contributed by atoms with Crippen molar-refractivity contribution in [3.8, 4) is 0 Å². The highest BCUT2D eigenvalue weighted by Gasteiger charge is 2.48. The van der Waals surface area contributed by atoms with Crippen molar-refractivity contribution in [2.75, 3.05) is 0 Å². The maximum Gasteiger partial charge on any atom is 0.306 e. The van der Waals surface area contributed by atoms with Crippen LogP contribution in [0.3, 0.4) is 0 Å². The summed E-state index contributed by atoms with van der Waals surface area (Å²) in [5.74, 6) is 1.72. The predicted octanol–water partition coefficient (Wildman–Crippen LogP) is 6.20. The molecule has 0 aromatic carbocycles. The summed E-state index contributed by atoms with van der Waals surface area (Å²) in [6, 6.07) is 0. The monoisotopic (exact) mass is 468 g/mol. The van der Waals surface area contributed by atoms with E-state index in [4.69, 9.17) is 4.74 Å². The van der Waals surface area contributed by atoms with Crippen LogP contribution >= 0.6 is 0 Å². The number of hydrogen-bond acceptors (Lipinski definition) is 4. The maximum atomic E-state index is 12.0. The SMILES string of the molecule is C=C1/C(=C\C=C2/CCCC3(C)C(C/C=C/C(OC(=O)CCC)C4CC4)CCC23)CC(O)CC1O.